The third-order valence-corrected chi connectivity index (χ3v) is 3.39. The molecule has 1 saturated carbocycles. The highest BCUT2D eigenvalue weighted by molar-refractivity contribution is 9.10. The Labute approximate surface area is 110 Å². The fourth-order valence-electron chi connectivity index (χ4n) is 1.86. The Balaban J connectivity index is 0.00000128. The van der Waals surface area contributed by atoms with E-state index in [1.54, 1.807) is 19.1 Å². The molecule has 1 aliphatic rings. The Morgan fingerprint density at radius 3 is 2.69 bits per heavy atom. The lowest BCUT2D eigenvalue weighted by molar-refractivity contribution is 0.538. The standard InChI is InChI=1S/C12H15BrFN.ClH/c1-7-4-9(13)6-10(12(7)14)11(15)5-8-2-3-8;/h4,6,8,11H,2-3,5,15H2,1H3;1H/t11-;/m1./s1. The molecule has 90 valence electrons. The second kappa shape index (κ2) is 5.48. The van der Waals surface area contributed by atoms with E-state index in [1.807, 2.05) is 0 Å². The van der Waals surface area contributed by atoms with Crippen LogP contribution in [0.2, 0.25) is 0 Å². The van der Waals surface area contributed by atoms with Crippen molar-refractivity contribution in [3.05, 3.63) is 33.5 Å². The van der Waals surface area contributed by atoms with E-state index in [0.29, 0.717) is 11.1 Å². The lowest BCUT2D eigenvalue weighted by Gasteiger charge is -2.14. The van der Waals surface area contributed by atoms with Gasteiger partial charge in [-0.25, -0.2) is 4.39 Å². The fraction of sp³-hybridized carbons (Fsp3) is 0.500. The minimum Gasteiger partial charge on any atom is -0.324 e. The van der Waals surface area contributed by atoms with Crippen LogP contribution in [0.5, 0.6) is 0 Å². The summed E-state index contributed by atoms with van der Waals surface area (Å²) in [6, 6.07) is 3.42. The summed E-state index contributed by atoms with van der Waals surface area (Å²) in [6.07, 6.45) is 3.41. The first-order valence-electron chi connectivity index (χ1n) is 5.29. The number of benzene rings is 1. The van der Waals surface area contributed by atoms with Crippen LogP contribution in [0.3, 0.4) is 0 Å². The summed E-state index contributed by atoms with van der Waals surface area (Å²) in [7, 11) is 0. The van der Waals surface area contributed by atoms with Crippen molar-refractivity contribution in [3.8, 4) is 0 Å². The average molecular weight is 309 g/mol. The number of hydrogen-bond donors (Lipinski definition) is 1. The van der Waals surface area contributed by atoms with Gasteiger partial charge in [-0.3, -0.25) is 0 Å². The van der Waals surface area contributed by atoms with Crippen molar-refractivity contribution in [2.75, 3.05) is 0 Å². The number of rotatable bonds is 3. The molecular weight excluding hydrogens is 292 g/mol. The van der Waals surface area contributed by atoms with Gasteiger partial charge in [0.25, 0.3) is 0 Å². The molecule has 0 unspecified atom stereocenters. The molecule has 1 aliphatic carbocycles. The number of halogens is 3. The Morgan fingerprint density at radius 2 is 2.12 bits per heavy atom. The van der Waals surface area contributed by atoms with Crippen molar-refractivity contribution < 1.29 is 4.39 Å². The maximum atomic E-state index is 13.8. The van der Waals surface area contributed by atoms with Gasteiger partial charge in [0.05, 0.1) is 0 Å². The summed E-state index contributed by atoms with van der Waals surface area (Å²) < 4.78 is 14.7. The minimum atomic E-state index is -0.159. The summed E-state index contributed by atoms with van der Waals surface area (Å²) >= 11 is 3.38. The first-order chi connectivity index (χ1) is 7.08. The van der Waals surface area contributed by atoms with E-state index in [0.717, 1.165) is 16.8 Å². The fourth-order valence-corrected chi connectivity index (χ4v) is 2.45. The highest BCUT2D eigenvalue weighted by Gasteiger charge is 2.26. The van der Waals surface area contributed by atoms with Crippen LogP contribution >= 0.6 is 28.3 Å². The van der Waals surface area contributed by atoms with Gasteiger partial charge in [0.15, 0.2) is 0 Å². The Kier molecular flexibility index (Phi) is 4.77. The molecule has 1 aromatic carbocycles. The van der Waals surface area contributed by atoms with Gasteiger partial charge in [-0.2, -0.15) is 0 Å². The number of aryl methyl sites for hydroxylation is 1. The Hall–Kier alpha value is -0.120. The molecule has 1 fully saturated rings. The molecule has 0 spiro atoms. The van der Waals surface area contributed by atoms with Crippen LogP contribution in [0.25, 0.3) is 0 Å². The highest BCUT2D eigenvalue weighted by atomic mass is 79.9. The first-order valence-corrected chi connectivity index (χ1v) is 6.08. The Morgan fingerprint density at radius 1 is 1.50 bits per heavy atom. The van der Waals surface area contributed by atoms with Gasteiger partial charge in [-0.05, 0) is 37.0 Å². The van der Waals surface area contributed by atoms with E-state index in [2.05, 4.69) is 15.9 Å². The average Bonchev–Trinajstić information content (AvgIpc) is 2.94. The van der Waals surface area contributed by atoms with Crippen LogP contribution < -0.4 is 5.73 Å². The lowest BCUT2D eigenvalue weighted by Crippen LogP contribution is -2.13. The zero-order chi connectivity index (χ0) is 11.0. The highest BCUT2D eigenvalue weighted by Crippen LogP contribution is 2.37. The zero-order valence-corrected chi connectivity index (χ0v) is 11.6. The SMILES string of the molecule is Cc1cc(Br)cc([C@H](N)CC2CC2)c1F.Cl. The number of hydrogen-bond acceptors (Lipinski definition) is 1. The van der Waals surface area contributed by atoms with E-state index in [4.69, 9.17) is 5.73 Å². The van der Waals surface area contributed by atoms with Gasteiger partial charge in [0.2, 0.25) is 0 Å². The summed E-state index contributed by atoms with van der Waals surface area (Å²) in [5, 5.41) is 0. The van der Waals surface area contributed by atoms with Gasteiger partial charge in [0, 0.05) is 16.1 Å². The van der Waals surface area contributed by atoms with Crippen molar-refractivity contribution in [3.63, 3.8) is 0 Å². The predicted molar refractivity (Wildman–Crippen MR) is 70.4 cm³/mol. The van der Waals surface area contributed by atoms with Gasteiger partial charge in [-0.1, -0.05) is 28.8 Å². The molecule has 0 bridgehead atoms. The molecule has 0 aromatic heterocycles. The predicted octanol–water partition coefficient (Wildman–Crippen LogP) is 4.12. The zero-order valence-electron chi connectivity index (χ0n) is 9.17. The number of nitrogens with two attached hydrogens (primary N) is 1. The monoisotopic (exact) mass is 307 g/mol. The van der Waals surface area contributed by atoms with Crippen molar-refractivity contribution in [1.29, 1.82) is 0 Å². The van der Waals surface area contributed by atoms with Crippen molar-refractivity contribution in [1.82, 2.24) is 0 Å². The van der Waals surface area contributed by atoms with Gasteiger partial charge in [-0.15, -0.1) is 12.4 Å². The molecule has 1 aromatic rings. The van der Waals surface area contributed by atoms with E-state index in [-0.39, 0.29) is 24.3 Å². The molecule has 0 saturated heterocycles. The van der Waals surface area contributed by atoms with E-state index in [9.17, 15) is 4.39 Å². The topological polar surface area (TPSA) is 26.0 Å². The normalized spacial score (nSPS) is 16.8. The molecule has 2 rings (SSSR count). The maximum absolute atomic E-state index is 13.8. The van der Waals surface area contributed by atoms with Gasteiger partial charge in [0.1, 0.15) is 5.82 Å². The second-order valence-electron chi connectivity index (χ2n) is 4.41. The summed E-state index contributed by atoms with van der Waals surface area (Å²) in [6.45, 7) is 1.77. The first kappa shape index (κ1) is 13.9. The van der Waals surface area contributed by atoms with Crippen LogP contribution in [-0.4, -0.2) is 0 Å². The molecule has 0 aliphatic heterocycles. The quantitative estimate of drug-likeness (QED) is 0.893. The maximum Gasteiger partial charge on any atom is 0.130 e. The summed E-state index contributed by atoms with van der Waals surface area (Å²) in [4.78, 5) is 0. The van der Waals surface area contributed by atoms with Crippen LogP contribution in [0.15, 0.2) is 16.6 Å². The lowest BCUT2D eigenvalue weighted by atomic mass is 9.99. The molecule has 1 atom stereocenters. The van der Waals surface area contributed by atoms with E-state index < -0.39 is 0 Å². The largest absolute Gasteiger partial charge is 0.324 e. The van der Waals surface area contributed by atoms with Crippen molar-refractivity contribution in [2.45, 2.75) is 32.2 Å². The van der Waals surface area contributed by atoms with Crippen LogP contribution in [0, 0.1) is 18.7 Å². The molecule has 4 heteroatoms. The molecule has 0 heterocycles. The smallest absolute Gasteiger partial charge is 0.130 e. The third kappa shape index (κ3) is 3.19. The van der Waals surface area contributed by atoms with Crippen molar-refractivity contribution in [2.24, 2.45) is 11.7 Å². The van der Waals surface area contributed by atoms with Crippen LogP contribution in [0.1, 0.15) is 36.4 Å². The molecule has 1 nitrogen and oxygen atoms in total. The molecule has 0 amide bonds. The van der Waals surface area contributed by atoms with Crippen LogP contribution in [-0.2, 0) is 0 Å². The molecule has 0 radical (unpaired) electrons. The molecule has 2 N–H and O–H groups in total. The van der Waals surface area contributed by atoms with Crippen LogP contribution in [0.4, 0.5) is 4.39 Å². The summed E-state index contributed by atoms with van der Waals surface area (Å²) in [5.41, 5.74) is 7.32. The van der Waals surface area contributed by atoms with E-state index >= 15 is 0 Å². The summed E-state index contributed by atoms with van der Waals surface area (Å²) in [5.74, 6) is 0.574. The van der Waals surface area contributed by atoms with Gasteiger partial charge < -0.3 is 5.73 Å². The molecular formula is C12H16BrClFN. The Bertz CT molecular complexity index is 380. The third-order valence-electron chi connectivity index (χ3n) is 2.93. The van der Waals surface area contributed by atoms with Gasteiger partial charge >= 0.3 is 0 Å². The second-order valence-corrected chi connectivity index (χ2v) is 5.33. The van der Waals surface area contributed by atoms with Crippen molar-refractivity contribution >= 4 is 28.3 Å². The van der Waals surface area contributed by atoms with E-state index in [1.165, 1.54) is 12.8 Å². The minimum absolute atomic E-state index is 0. The molecule has 16 heavy (non-hydrogen) atoms.